The van der Waals surface area contributed by atoms with Crippen molar-refractivity contribution >= 4 is 17.6 Å². The SMILES string of the molecule is CC(=O)OCn1ncc(Oc2ccc(C#N)cc2)c(Cl)c1=O. The van der Waals surface area contributed by atoms with Crippen molar-refractivity contribution in [2.45, 2.75) is 13.7 Å². The van der Waals surface area contributed by atoms with Crippen LogP contribution in [0.3, 0.4) is 0 Å². The summed E-state index contributed by atoms with van der Waals surface area (Å²) in [5, 5.41) is 12.3. The van der Waals surface area contributed by atoms with E-state index in [1.165, 1.54) is 13.1 Å². The highest BCUT2D eigenvalue weighted by Gasteiger charge is 2.12. The minimum Gasteiger partial charge on any atom is -0.454 e. The van der Waals surface area contributed by atoms with Gasteiger partial charge in [-0.1, -0.05) is 11.6 Å². The molecule has 0 fully saturated rings. The Hall–Kier alpha value is -2.85. The highest BCUT2D eigenvalue weighted by atomic mass is 35.5. The molecule has 0 N–H and O–H groups in total. The number of carbonyl (C=O) groups excluding carboxylic acids is 1. The topological polar surface area (TPSA) is 94.2 Å². The molecule has 7 nitrogen and oxygen atoms in total. The van der Waals surface area contributed by atoms with Gasteiger partial charge in [-0.3, -0.25) is 9.59 Å². The third-order valence-electron chi connectivity index (χ3n) is 2.55. The first kappa shape index (κ1) is 15.5. The molecule has 1 aromatic heterocycles. The van der Waals surface area contributed by atoms with E-state index in [1.807, 2.05) is 6.07 Å². The van der Waals surface area contributed by atoms with Crippen LogP contribution in [-0.2, 0) is 16.3 Å². The number of nitrogens with zero attached hydrogens (tertiary/aromatic N) is 3. The van der Waals surface area contributed by atoms with Crippen LogP contribution in [0, 0.1) is 11.3 Å². The summed E-state index contributed by atoms with van der Waals surface area (Å²) in [5.41, 5.74) is -0.164. The van der Waals surface area contributed by atoms with Gasteiger partial charge in [0.25, 0.3) is 5.56 Å². The largest absolute Gasteiger partial charge is 0.454 e. The standard InChI is InChI=1S/C14H10ClN3O4/c1-9(19)21-8-18-14(20)13(15)12(7-17-18)22-11-4-2-10(6-16)3-5-11/h2-5,7H,8H2,1H3. The molecule has 1 aromatic carbocycles. The van der Waals surface area contributed by atoms with Crippen LogP contribution >= 0.6 is 11.6 Å². The Morgan fingerprint density at radius 2 is 2.09 bits per heavy atom. The van der Waals surface area contributed by atoms with Gasteiger partial charge in [0.2, 0.25) is 0 Å². The van der Waals surface area contributed by atoms with Crippen molar-refractivity contribution in [1.29, 1.82) is 5.26 Å². The van der Waals surface area contributed by atoms with Crippen molar-refractivity contribution < 1.29 is 14.3 Å². The molecule has 0 bridgehead atoms. The first-order valence-corrected chi connectivity index (χ1v) is 6.46. The highest BCUT2D eigenvalue weighted by Crippen LogP contribution is 2.25. The van der Waals surface area contributed by atoms with Crippen LogP contribution in [0.5, 0.6) is 11.5 Å². The molecule has 0 aliphatic rings. The summed E-state index contributed by atoms with van der Waals surface area (Å²) in [4.78, 5) is 22.7. The lowest BCUT2D eigenvalue weighted by molar-refractivity contribution is -0.145. The lowest BCUT2D eigenvalue weighted by atomic mass is 10.2. The maximum absolute atomic E-state index is 11.9. The Bertz CT molecular complexity index is 793. The Labute approximate surface area is 130 Å². The predicted molar refractivity (Wildman–Crippen MR) is 76.5 cm³/mol. The molecule has 112 valence electrons. The lowest BCUT2D eigenvalue weighted by Crippen LogP contribution is -2.25. The fourth-order valence-electron chi connectivity index (χ4n) is 1.49. The molecular weight excluding hydrogens is 310 g/mol. The maximum Gasteiger partial charge on any atom is 0.304 e. The van der Waals surface area contributed by atoms with Crippen molar-refractivity contribution in [3.8, 4) is 17.6 Å². The van der Waals surface area contributed by atoms with Gasteiger partial charge >= 0.3 is 5.97 Å². The number of benzene rings is 1. The van der Waals surface area contributed by atoms with Crippen molar-refractivity contribution in [3.05, 3.63) is 51.4 Å². The molecule has 2 rings (SSSR count). The number of nitriles is 1. The Balaban J connectivity index is 2.21. The van der Waals surface area contributed by atoms with E-state index in [2.05, 4.69) is 9.84 Å². The second kappa shape index (κ2) is 6.74. The van der Waals surface area contributed by atoms with E-state index in [0.717, 1.165) is 4.68 Å². The third kappa shape index (κ3) is 3.62. The molecule has 0 spiro atoms. The summed E-state index contributed by atoms with van der Waals surface area (Å²) in [6, 6.07) is 8.25. The van der Waals surface area contributed by atoms with Gasteiger partial charge in [-0.15, -0.1) is 0 Å². The van der Waals surface area contributed by atoms with E-state index < -0.39 is 11.5 Å². The zero-order valence-electron chi connectivity index (χ0n) is 11.4. The minimum atomic E-state index is -0.644. The molecule has 0 saturated heterocycles. The number of aromatic nitrogens is 2. The zero-order chi connectivity index (χ0) is 16.1. The van der Waals surface area contributed by atoms with Crippen molar-refractivity contribution in [3.63, 3.8) is 0 Å². The number of rotatable bonds is 4. The average Bonchev–Trinajstić information content (AvgIpc) is 2.51. The van der Waals surface area contributed by atoms with E-state index in [-0.39, 0.29) is 17.5 Å². The van der Waals surface area contributed by atoms with Crippen molar-refractivity contribution in [1.82, 2.24) is 9.78 Å². The maximum atomic E-state index is 11.9. The van der Waals surface area contributed by atoms with E-state index in [4.69, 9.17) is 21.6 Å². The number of hydrogen-bond acceptors (Lipinski definition) is 6. The Morgan fingerprint density at radius 3 is 2.68 bits per heavy atom. The molecule has 0 atom stereocenters. The van der Waals surface area contributed by atoms with Crippen LogP contribution in [-0.4, -0.2) is 15.7 Å². The van der Waals surface area contributed by atoms with E-state index in [0.29, 0.717) is 11.3 Å². The molecule has 0 aliphatic carbocycles. The number of carbonyl (C=O) groups is 1. The minimum absolute atomic E-state index is 0.0652. The Kier molecular flexibility index (Phi) is 4.76. The molecule has 2 aromatic rings. The van der Waals surface area contributed by atoms with Gasteiger partial charge in [0.1, 0.15) is 5.75 Å². The van der Waals surface area contributed by atoms with Crippen LogP contribution in [0.4, 0.5) is 0 Å². The highest BCUT2D eigenvalue weighted by molar-refractivity contribution is 6.31. The van der Waals surface area contributed by atoms with Gasteiger partial charge in [-0.05, 0) is 24.3 Å². The lowest BCUT2D eigenvalue weighted by Gasteiger charge is -2.09. The van der Waals surface area contributed by atoms with Crippen molar-refractivity contribution in [2.75, 3.05) is 0 Å². The smallest absolute Gasteiger partial charge is 0.304 e. The number of ether oxygens (including phenoxy) is 2. The summed E-state index contributed by atoms with van der Waals surface area (Å²) in [6.07, 6.45) is 1.24. The Morgan fingerprint density at radius 1 is 1.41 bits per heavy atom. The molecular formula is C14H10ClN3O4. The fraction of sp³-hybridized carbons (Fsp3) is 0.143. The van der Waals surface area contributed by atoms with Crippen LogP contribution in [0.25, 0.3) is 0 Å². The second-order valence-electron chi connectivity index (χ2n) is 4.13. The molecule has 8 heteroatoms. The van der Waals surface area contributed by atoms with Crippen LogP contribution in [0.2, 0.25) is 5.02 Å². The summed E-state index contributed by atoms with van der Waals surface area (Å²) in [7, 11) is 0. The van der Waals surface area contributed by atoms with Crippen LogP contribution in [0.15, 0.2) is 35.3 Å². The molecule has 0 amide bonds. The summed E-state index contributed by atoms with van der Waals surface area (Å²) in [6.45, 7) is 0.889. The molecule has 0 saturated carbocycles. The second-order valence-corrected chi connectivity index (χ2v) is 4.51. The van der Waals surface area contributed by atoms with Gasteiger partial charge in [-0.25, -0.2) is 0 Å². The van der Waals surface area contributed by atoms with Gasteiger partial charge in [0.15, 0.2) is 17.5 Å². The number of halogens is 1. The molecule has 0 unspecified atom stereocenters. The van der Waals surface area contributed by atoms with E-state index >= 15 is 0 Å². The van der Waals surface area contributed by atoms with Crippen LogP contribution in [0.1, 0.15) is 12.5 Å². The van der Waals surface area contributed by atoms with Gasteiger partial charge in [0, 0.05) is 6.92 Å². The van der Waals surface area contributed by atoms with Crippen LogP contribution < -0.4 is 10.3 Å². The zero-order valence-corrected chi connectivity index (χ0v) is 12.2. The average molecular weight is 320 g/mol. The summed E-state index contributed by atoms with van der Waals surface area (Å²) in [5.74, 6) is -0.0713. The predicted octanol–water partition coefficient (Wildman–Crippen LogP) is 2.08. The number of hydrogen-bond donors (Lipinski definition) is 0. The first-order valence-electron chi connectivity index (χ1n) is 6.08. The van der Waals surface area contributed by atoms with Gasteiger partial charge in [-0.2, -0.15) is 15.0 Å². The first-order chi connectivity index (χ1) is 10.5. The van der Waals surface area contributed by atoms with E-state index in [1.54, 1.807) is 24.3 Å². The van der Waals surface area contributed by atoms with Gasteiger partial charge in [0.05, 0.1) is 17.8 Å². The van der Waals surface area contributed by atoms with Crippen molar-refractivity contribution in [2.24, 2.45) is 0 Å². The monoisotopic (exact) mass is 319 g/mol. The third-order valence-corrected chi connectivity index (χ3v) is 2.90. The molecule has 22 heavy (non-hydrogen) atoms. The molecule has 0 aliphatic heterocycles. The van der Waals surface area contributed by atoms with Gasteiger partial charge < -0.3 is 9.47 Å². The molecule has 1 heterocycles. The summed E-state index contributed by atoms with van der Waals surface area (Å²) < 4.78 is 11.0. The quantitative estimate of drug-likeness (QED) is 0.801. The normalized spacial score (nSPS) is 9.86. The fourth-order valence-corrected chi connectivity index (χ4v) is 1.67. The molecule has 0 radical (unpaired) electrons. The van der Waals surface area contributed by atoms with E-state index in [9.17, 15) is 9.59 Å². The number of esters is 1. The summed E-state index contributed by atoms with van der Waals surface area (Å²) >= 11 is 5.93.